The normalized spacial score (nSPS) is 21.2. The van der Waals surface area contributed by atoms with E-state index in [1.54, 1.807) is 5.38 Å². The van der Waals surface area contributed by atoms with Crippen LogP contribution in [0.5, 0.6) is 0 Å². The van der Waals surface area contributed by atoms with Gasteiger partial charge in [-0.1, -0.05) is 0 Å². The molecule has 6 nitrogen and oxygen atoms in total. The quantitative estimate of drug-likeness (QED) is 0.716. The maximum atomic E-state index is 11.9. The van der Waals surface area contributed by atoms with Gasteiger partial charge in [-0.25, -0.2) is 8.42 Å². The predicted octanol–water partition coefficient (Wildman–Crippen LogP) is -0.113. The summed E-state index contributed by atoms with van der Waals surface area (Å²) in [5, 5.41) is 4.18. The van der Waals surface area contributed by atoms with E-state index in [0.717, 1.165) is 17.8 Å². The van der Waals surface area contributed by atoms with E-state index in [-0.39, 0.29) is 10.1 Å². The van der Waals surface area contributed by atoms with Crippen molar-refractivity contribution < 1.29 is 13.2 Å². The number of carbonyl (C=O) groups excluding carboxylic acids is 1. The number of hydrogen-bond donors (Lipinski definition) is 3. The summed E-state index contributed by atoms with van der Waals surface area (Å²) in [6, 6.07) is 0.699. The first-order valence-electron chi connectivity index (χ1n) is 5.13. The Morgan fingerprint density at radius 1 is 1.53 bits per heavy atom. The van der Waals surface area contributed by atoms with Gasteiger partial charge in [0.2, 0.25) is 5.91 Å². The minimum Gasteiger partial charge on any atom is -0.398 e. The summed E-state index contributed by atoms with van der Waals surface area (Å²) in [6.07, 6.45) is 1.29. The van der Waals surface area contributed by atoms with Crippen molar-refractivity contribution in [3.8, 4) is 0 Å². The van der Waals surface area contributed by atoms with E-state index in [2.05, 4.69) is 10.0 Å². The van der Waals surface area contributed by atoms with Crippen molar-refractivity contribution in [1.82, 2.24) is 10.0 Å². The van der Waals surface area contributed by atoms with Crippen LogP contribution in [0.15, 0.2) is 15.7 Å². The molecule has 8 heteroatoms. The highest BCUT2D eigenvalue weighted by Crippen LogP contribution is 2.22. The second-order valence-corrected chi connectivity index (χ2v) is 6.66. The predicted molar refractivity (Wildman–Crippen MR) is 65.1 cm³/mol. The lowest BCUT2D eigenvalue weighted by atomic mass is 10.1. The Morgan fingerprint density at radius 3 is 2.88 bits per heavy atom. The van der Waals surface area contributed by atoms with E-state index >= 15 is 0 Å². The number of nitrogen functional groups attached to an aromatic ring is 1. The molecular formula is C9H13N3O3S2. The average Bonchev–Trinajstić information content (AvgIpc) is 2.69. The molecule has 0 bridgehead atoms. The molecule has 0 aliphatic carbocycles. The molecule has 1 unspecified atom stereocenters. The van der Waals surface area contributed by atoms with Gasteiger partial charge in [0.15, 0.2) is 0 Å². The van der Waals surface area contributed by atoms with Crippen molar-refractivity contribution in [2.45, 2.75) is 23.1 Å². The first kappa shape index (κ1) is 12.3. The molecule has 1 saturated heterocycles. The zero-order valence-corrected chi connectivity index (χ0v) is 10.6. The second kappa shape index (κ2) is 4.63. The molecule has 94 valence electrons. The molecular weight excluding hydrogens is 262 g/mol. The van der Waals surface area contributed by atoms with Gasteiger partial charge in [-0.05, 0) is 18.9 Å². The Morgan fingerprint density at radius 2 is 2.29 bits per heavy atom. The molecule has 17 heavy (non-hydrogen) atoms. The van der Waals surface area contributed by atoms with E-state index in [4.69, 9.17) is 5.73 Å². The smallest absolute Gasteiger partial charge is 0.250 e. The summed E-state index contributed by atoms with van der Waals surface area (Å²) in [7, 11) is -3.64. The molecule has 1 aromatic rings. The lowest BCUT2D eigenvalue weighted by Crippen LogP contribution is -2.49. The number of nitrogens with two attached hydrogens (primary N) is 1. The van der Waals surface area contributed by atoms with Crippen molar-refractivity contribution in [3.63, 3.8) is 0 Å². The van der Waals surface area contributed by atoms with E-state index in [1.165, 1.54) is 6.07 Å². The number of carbonyl (C=O) groups is 1. The first-order valence-corrected chi connectivity index (χ1v) is 7.49. The Labute approximate surface area is 103 Å². The maximum Gasteiger partial charge on any atom is 0.250 e. The summed E-state index contributed by atoms with van der Waals surface area (Å²) in [5.74, 6) is -0.274. The summed E-state index contributed by atoms with van der Waals surface area (Å²) in [5.41, 5.74) is 5.88. The summed E-state index contributed by atoms with van der Waals surface area (Å²) in [4.78, 5) is 11.4. The fraction of sp³-hybridized carbons (Fsp3) is 0.444. The van der Waals surface area contributed by atoms with Crippen LogP contribution in [0.2, 0.25) is 0 Å². The van der Waals surface area contributed by atoms with Crippen molar-refractivity contribution >= 4 is 33.0 Å². The molecule has 0 aromatic carbocycles. The van der Waals surface area contributed by atoms with Crippen LogP contribution in [-0.2, 0) is 14.8 Å². The van der Waals surface area contributed by atoms with Crippen LogP contribution < -0.4 is 15.8 Å². The van der Waals surface area contributed by atoms with Gasteiger partial charge >= 0.3 is 0 Å². The van der Waals surface area contributed by atoms with Crippen LogP contribution in [0, 0.1) is 0 Å². The monoisotopic (exact) mass is 275 g/mol. The standard InChI is InChI=1S/C9H13N3O3S2/c10-6-4-8(16-5-6)17(14,15)12-7-2-1-3-11-9(7)13/h4-5,7,12H,1-3,10H2,(H,11,13). The van der Waals surface area contributed by atoms with Crippen LogP contribution in [0.4, 0.5) is 5.69 Å². The summed E-state index contributed by atoms with van der Waals surface area (Å²) in [6.45, 7) is 0.600. The molecule has 1 aliphatic heterocycles. The number of piperidine rings is 1. The van der Waals surface area contributed by atoms with Crippen molar-refractivity contribution in [2.24, 2.45) is 0 Å². The van der Waals surface area contributed by atoms with E-state index in [9.17, 15) is 13.2 Å². The highest BCUT2D eigenvalue weighted by molar-refractivity contribution is 7.91. The average molecular weight is 275 g/mol. The maximum absolute atomic E-state index is 11.9. The minimum absolute atomic E-state index is 0.133. The van der Waals surface area contributed by atoms with Gasteiger partial charge in [0, 0.05) is 17.6 Å². The zero-order chi connectivity index (χ0) is 12.5. The van der Waals surface area contributed by atoms with E-state index in [1.807, 2.05) is 0 Å². The molecule has 0 saturated carbocycles. The Balaban J connectivity index is 2.14. The van der Waals surface area contributed by atoms with Gasteiger partial charge in [0.25, 0.3) is 10.0 Å². The molecule has 1 aliphatic rings. The number of nitrogens with one attached hydrogen (secondary N) is 2. The highest BCUT2D eigenvalue weighted by atomic mass is 32.2. The molecule has 4 N–H and O–H groups in total. The minimum atomic E-state index is -3.64. The number of amides is 1. The molecule has 0 radical (unpaired) electrons. The van der Waals surface area contributed by atoms with Crippen LogP contribution >= 0.6 is 11.3 Å². The van der Waals surface area contributed by atoms with Gasteiger partial charge in [-0.2, -0.15) is 4.72 Å². The SMILES string of the molecule is Nc1csc(S(=O)(=O)NC2CCCNC2=O)c1. The highest BCUT2D eigenvalue weighted by Gasteiger charge is 2.28. The molecule has 1 fully saturated rings. The van der Waals surface area contributed by atoms with Crippen LogP contribution in [-0.4, -0.2) is 26.9 Å². The van der Waals surface area contributed by atoms with E-state index in [0.29, 0.717) is 18.7 Å². The molecule has 2 heterocycles. The molecule has 1 atom stereocenters. The zero-order valence-electron chi connectivity index (χ0n) is 8.97. The number of rotatable bonds is 3. The topological polar surface area (TPSA) is 101 Å². The van der Waals surface area contributed by atoms with Gasteiger partial charge in [-0.15, -0.1) is 11.3 Å². The van der Waals surface area contributed by atoms with Crippen LogP contribution in [0.25, 0.3) is 0 Å². The third-order valence-electron chi connectivity index (χ3n) is 2.44. The van der Waals surface area contributed by atoms with Crippen molar-refractivity contribution in [3.05, 3.63) is 11.4 Å². The summed E-state index contributed by atoms with van der Waals surface area (Å²) >= 11 is 1.04. The third kappa shape index (κ3) is 2.76. The lowest BCUT2D eigenvalue weighted by Gasteiger charge is -2.22. The largest absolute Gasteiger partial charge is 0.398 e. The Bertz CT molecular complexity index is 523. The fourth-order valence-corrected chi connectivity index (χ4v) is 3.93. The molecule has 1 amide bonds. The third-order valence-corrected chi connectivity index (χ3v) is 5.37. The fourth-order valence-electron chi connectivity index (χ4n) is 1.60. The van der Waals surface area contributed by atoms with Crippen molar-refractivity contribution in [2.75, 3.05) is 12.3 Å². The van der Waals surface area contributed by atoms with Gasteiger partial charge in [0.05, 0.1) is 0 Å². The Kier molecular flexibility index (Phi) is 3.36. The van der Waals surface area contributed by atoms with Gasteiger partial charge in [0.1, 0.15) is 10.3 Å². The number of anilines is 1. The van der Waals surface area contributed by atoms with E-state index < -0.39 is 16.1 Å². The van der Waals surface area contributed by atoms with Gasteiger partial charge < -0.3 is 11.1 Å². The van der Waals surface area contributed by atoms with Crippen LogP contribution in [0.1, 0.15) is 12.8 Å². The summed E-state index contributed by atoms with van der Waals surface area (Å²) < 4.78 is 26.4. The molecule has 0 spiro atoms. The number of thiophene rings is 1. The molecule has 2 rings (SSSR count). The first-order chi connectivity index (χ1) is 7.99. The van der Waals surface area contributed by atoms with Crippen molar-refractivity contribution in [1.29, 1.82) is 0 Å². The molecule has 1 aromatic heterocycles. The number of sulfonamides is 1. The van der Waals surface area contributed by atoms with Crippen LogP contribution in [0.3, 0.4) is 0 Å². The second-order valence-electron chi connectivity index (χ2n) is 3.81. The lowest BCUT2D eigenvalue weighted by molar-refractivity contribution is -0.124. The number of hydrogen-bond acceptors (Lipinski definition) is 5. The Hall–Kier alpha value is -1.12. The van der Waals surface area contributed by atoms with Gasteiger partial charge in [-0.3, -0.25) is 4.79 Å².